The molecule has 6 heteroatoms. The Morgan fingerprint density at radius 3 is 2.27 bits per heavy atom. The molecule has 1 aromatic rings. The van der Waals surface area contributed by atoms with Gasteiger partial charge < -0.3 is 10.6 Å². The Morgan fingerprint density at radius 1 is 1.15 bits per heavy atom. The molecule has 1 rings (SSSR count). The number of rotatable bonds is 10. The van der Waals surface area contributed by atoms with Crippen molar-refractivity contribution in [3.8, 4) is 0 Å². The lowest BCUT2D eigenvalue weighted by Crippen LogP contribution is -2.47. The van der Waals surface area contributed by atoms with Crippen LogP contribution in [0.25, 0.3) is 0 Å². The average Bonchev–Trinajstić information content (AvgIpc) is 2.83. The first-order valence-corrected chi connectivity index (χ1v) is 10.1. The summed E-state index contributed by atoms with van der Waals surface area (Å²) in [6.45, 7) is 19.9. The fourth-order valence-electron chi connectivity index (χ4n) is 3.41. The van der Waals surface area contributed by atoms with Gasteiger partial charge in [0.2, 0.25) is 0 Å². The molecule has 1 heterocycles. The van der Waals surface area contributed by atoms with E-state index in [4.69, 9.17) is 4.99 Å². The number of nitrogens with zero attached hydrogens (tertiary/aromatic N) is 4. The number of aryl methyl sites for hydroxylation is 2. The van der Waals surface area contributed by atoms with Gasteiger partial charge >= 0.3 is 0 Å². The van der Waals surface area contributed by atoms with Crippen molar-refractivity contribution >= 4 is 5.96 Å². The molecule has 0 aliphatic carbocycles. The normalized spacial score (nSPS) is 13.5. The van der Waals surface area contributed by atoms with E-state index >= 15 is 0 Å². The third-order valence-corrected chi connectivity index (χ3v) is 4.98. The molecule has 0 radical (unpaired) electrons. The van der Waals surface area contributed by atoms with Gasteiger partial charge in [-0.25, -0.2) is 4.99 Å². The van der Waals surface area contributed by atoms with Crippen LogP contribution in [0, 0.1) is 19.8 Å². The van der Waals surface area contributed by atoms with Crippen LogP contribution < -0.4 is 10.6 Å². The number of hydrogen-bond donors (Lipinski definition) is 2. The highest BCUT2D eigenvalue weighted by atomic mass is 15.3. The second-order valence-electron chi connectivity index (χ2n) is 7.35. The van der Waals surface area contributed by atoms with Gasteiger partial charge in [0, 0.05) is 37.4 Å². The Balaban J connectivity index is 2.81. The van der Waals surface area contributed by atoms with Crippen LogP contribution in [-0.2, 0) is 13.6 Å². The predicted molar refractivity (Wildman–Crippen MR) is 112 cm³/mol. The van der Waals surface area contributed by atoms with Crippen LogP contribution in [0.15, 0.2) is 4.99 Å². The fraction of sp³-hybridized carbons (Fsp3) is 0.800. The standard InChI is InChI=1S/C20H40N6/c1-9-21-20(23-14-19-16(6)24-25(8)17(19)7)22-13-18(12-15(4)5)26(10-2)11-3/h15,18H,9-14H2,1-8H3,(H2,21,22,23). The summed E-state index contributed by atoms with van der Waals surface area (Å²) in [6, 6.07) is 0.524. The van der Waals surface area contributed by atoms with Gasteiger partial charge in [0.25, 0.3) is 0 Å². The number of aromatic nitrogens is 2. The van der Waals surface area contributed by atoms with E-state index in [1.54, 1.807) is 0 Å². The topological polar surface area (TPSA) is 57.5 Å². The predicted octanol–water partition coefficient (Wildman–Crippen LogP) is 2.85. The zero-order valence-corrected chi connectivity index (χ0v) is 18.2. The third kappa shape index (κ3) is 6.63. The minimum Gasteiger partial charge on any atom is -0.357 e. The van der Waals surface area contributed by atoms with E-state index in [1.807, 2.05) is 11.7 Å². The number of nitrogens with one attached hydrogen (secondary N) is 2. The molecule has 0 amide bonds. The Labute approximate surface area is 160 Å². The summed E-state index contributed by atoms with van der Waals surface area (Å²) in [5.41, 5.74) is 3.46. The average molecular weight is 365 g/mol. The van der Waals surface area contributed by atoms with E-state index in [2.05, 4.69) is 69.1 Å². The lowest BCUT2D eigenvalue weighted by molar-refractivity contribution is 0.191. The molecule has 0 spiro atoms. The van der Waals surface area contributed by atoms with Gasteiger partial charge in [-0.1, -0.05) is 27.7 Å². The SMILES string of the molecule is CCNC(=NCc1c(C)nn(C)c1C)NCC(CC(C)C)N(CC)CC. The highest BCUT2D eigenvalue weighted by molar-refractivity contribution is 5.79. The lowest BCUT2D eigenvalue weighted by Gasteiger charge is -2.31. The molecule has 0 fully saturated rings. The maximum absolute atomic E-state index is 4.80. The maximum Gasteiger partial charge on any atom is 0.191 e. The molecule has 0 aliphatic heterocycles. The van der Waals surface area contributed by atoms with Crippen molar-refractivity contribution in [3.63, 3.8) is 0 Å². The van der Waals surface area contributed by atoms with Crippen LogP contribution in [0.3, 0.4) is 0 Å². The highest BCUT2D eigenvalue weighted by Gasteiger charge is 2.17. The summed E-state index contributed by atoms with van der Waals surface area (Å²) in [5.74, 6) is 1.57. The summed E-state index contributed by atoms with van der Waals surface area (Å²) in [4.78, 5) is 7.34. The third-order valence-electron chi connectivity index (χ3n) is 4.98. The van der Waals surface area contributed by atoms with Crippen LogP contribution >= 0.6 is 0 Å². The Morgan fingerprint density at radius 2 is 1.81 bits per heavy atom. The van der Waals surface area contributed by atoms with E-state index in [0.29, 0.717) is 18.5 Å². The summed E-state index contributed by atoms with van der Waals surface area (Å²) < 4.78 is 1.93. The molecule has 26 heavy (non-hydrogen) atoms. The second kappa shape index (κ2) is 11.2. The van der Waals surface area contributed by atoms with Gasteiger partial charge in [-0.2, -0.15) is 5.10 Å². The van der Waals surface area contributed by atoms with Crippen LogP contribution in [0.1, 0.15) is 58.0 Å². The fourth-order valence-corrected chi connectivity index (χ4v) is 3.41. The molecule has 6 nitrogen and oxygen atoms in total. The molecule has 150 valence electrons. The van der Waals surface area contributed by atoms with E-state index in [0.717, 1.165) is 37.8 Å². The molecule has 2 N–H and O–H groups in total. The summed E-state index contributed by atoms with van der Waals surface area (Å²) in [5, 5.41) is 11.4. The van der Waals surface area contributed by atoms with E-state index in [1.165, 1.54) is 17.7 Å². The first-order valence-electron chi connectivity index (χ1n) is 10.1. The van der Waals surface area contributed by atoms with Crippen molar-refractivity contribution in [2.24, 2.45) is 18.0 Å². The largest absolute Gasteiger partial charge is 0.357 e. The van der Waals surface area contributed by atoms with Crippen LogP contribution in [0.2, 0.25) is 0 Å². The van der Waals surface area contributed by atoms with Crippen molar-refractivity contribution < 1.29 is 0 Å². The van der Waals surface area contributed by atoms with Gasteiger partial charge in [-0.3, -0.25) is 9.58 Å². The van der Waals surface area contributed by atoms with Crippen LogP contribution in [-0.4, -0.2) is 52.9 Å². The number of hydrogen-bond acceptors (Lipinski definition) is 3. The Hall–Kier alpha value is -1.56. The van der Waals surface area contributed by atoms with Gasteiger partial charge in [0.1, 0.15) is 0 Å². The summed E-state index contributed by atoms with van der Waals surface area (Å²) in [7, 11) is 1.99. The van der Waals surface area contributed by atoms with Gasteiger partial charge in [-0.05, 0) is 46.2 Å². The van der Waals surface area contributed by atoms with Crippen molar-refractivity contribution in [3.05, 3.63) is 17.0 Å². The van der Waals surface area contributed by atoms with Gasteiger partial charge in [0.05, 0.1) is 12.2 Å². The van der Waals surface area contributed by atoms with Crippen molar-refractivity contribution in [1.82, 2.24) is 25.3 Å². The molecule has 1 unspecified atom stereocenters. The quantitative estimate of drug-likeness (QED) is 0.495. The number of guanidine groups is 1. The molecule has 0 bridgehead atoms. The lowest BCUT2D eigenvalue weighted by atomic mass is 10.0. The monoisotopic (exact) mass is 364 g/mol. The molecule has 0 saturated carbocycles. The highest BCUT2D eigenvalue weighted by Crippen LogP contribution is 2.13. The second-order valence-corrected chi connectivity index (χ2v) is 7.35. The number of aliphatic imine (C=N–C) groups is 1. The van der Waals surface area contributed by atoms with Crippen molar-refractivity contribution in [2.45, 2.75) is 67.5 Å². The molecule has 0 aliphatic rings. The zero-order valence-electron chi connectivity index (χ0n) is 18.2. The first-order chi connectivity index (χ1) is 12.3. The Kier molecular flexibility index (Phi) is 9.70. The smallest absolute Gasteiger partial charge is 0.191 e. The summed E-state index contributed by atoms with van der Waals surface area (Å²) in [6.07, 6.45) is 1.19. The molecular formula is C20H40N6. The van der Waals surface area contributed by atoms with E-state index < -0.39 is 0 Å². The van der Waals surface area contributed by atoms with Gasteiger partial charge in [-0.15, -0.1) is 0 Å². The van der Waals surface area contributed by atoms with Crippen LogP contribution in [0.5, 0.6) is 0 Å². The van der Waals surface area contributed by atoms with Crippen LogP contribution in [0.4, 0.5) is 0 Å². The van der Waals surface area contributed by atoms with E-state index in [-0.39, 0.29) is 0 Å². The van der Waals surface area contributed by atoms with Crippen molar-refractivity contribution in [1.29, 1.82) is 0 Å². The number of likely N-dealkylation sites (N-methyl/N-ethyl adjacent to an activating group) is 1. The minimum atomic E-state index is 0.524. The molecule has 0 aromatic carbocycles. The molecule has 0 saturated heterocycles. The first kappa shape index (κ1) is 22.5. The maximum atomic E-state index is 4.80. The Bertz CT molecular complexity index is 557. The van der Waals surface area contributed by atoms with Gasteiger partial charge in [0.15, 0.2) is 5.96 Å². The van der Waals surface area contributed by atoms with E-state index in [9.17, 15) is 0 Å². The van der Waals surface area contributed by atoms with Crippen molar-refractivity contribution in [2.75, 3.05) is 26.2 Å². The molecule has 1 aromatic heterocycles. The zero-order chi connectivity index (χ0) is 19.7. The summed E-state index contributed by atoms with van der Waals surface area (Å²) >= 11 is 0. The molecular weight excluding hydrogens is 324 g/mol. The molecule has 1 atom stereocenters. The minimum absolute atomic E-state index is 0.524.